The van der Waals surface area contributed by atoms with Crippen molar-refractivity contribution in [3.8, 4) is 0 Å². The lowest BCUT2D eigenvalue weighted by atomic mass is 9.81. The molecular weight excluding hydrogens is 661 g/mol. The molecule has 1 atom stereocenters. The average Bonchev–Trinajstić information content (AvgIpc) is 3.51. The van der Waals surface area contributed by atoms with Gasteiger partial charge in [-0.1, -0.05) is 132 Å². The van der Waals surface area contributed by atoms with E-state index in [0.717, 1.165) is 12.5 Å². The zero-order chi connectivity index (χ0) is 42.4. The molecule has 0 bridgehead atoms. The van der Waals surface area contributed by atoms with E-state index in [-0.39, 0.29) is 0 Å². The van der Waals surface area contributed by atoms with Crippen LogP contribution in [0.5, 0.6) is 0 Å². The van der Waals surface area contributed by atoms with Crippen LogP contribution in [0.25, 0.3) is 0 Å². The van der Waals surface area contributed by atoms with Crippen molar-refractivity contribution in [2.75, 3.05) is 119 Å². The summed E-state index contributed by atoms with van der Waals surface area (Å²) in [6, 6.07) is 0. The number of likely N-dealkylation sites (tertiary alicyclic amines) is 2. The van der Waals surface area contributed by atoms with Gasteiger partial charge >= 0.3 is 0 Å². The first kappa shape index (κ1) is 55.9. The zero-order valence-electron chi connectivity index (χ0n) is 41.6. The lowest BCUT2D eigenvalue weighted by Gasteiger charge is -2.36. The predicted octanol–water partition coefficient (Wildman–Crippen LogP) is 10.9. The molecule has 3 heterocycles. The minimum absolute atomic E-state index is 0.449. The number of hydrogen-bond acceptors (Lipinski definition) is 6. The van der Waals surface area contributed by atoms with Crippen LogP contribution >= 0.6 is 0 Å². The van der Waals surface area contributed by atoms with Crippen molar-refractivity contribution in [2.24, 2.45) is 33.0 Å². The van der Waals surface area contributed by atoms with Crippen molar-refractivity contribution >= 4 is 0 Å². The molecule has 0 aromatic carbocycles. The quantitative estimate of drug-likeness (QED) is 0.231. The van der Waals surface area contributed by atoms with E-state index in [0.29, 0.717) is 27.1 Å². The molecule has 3 rings (SSSR count). The van der Waals surface area contributed by atoms with Gasteiger partial charge in [-0.05, 0) is 125 Å². The van der Waals surface area contributed by atoms with Gasteiger partial charge in [-0.25, -0.2) is 0 Å². The van der Waals surface area contributed by atoms with E-state index in [9.17, 15) is 0 Å². The molecule has 0 aromatic heterocycles. The summed E-state index contributed by atoms with van der Waals surface area (Å²) in [6.45, 7) is 63.4. The van der Waals surface area contributed by atoms with Crippen molar-refractivity contribution in [1.82, 2.24) is 29.4 Å². The van der Waals surface area contributed by atoms with Gasteiger partial charge in [0.05, 0.1) is 0 Å². The van der Waals surface area contributed by atoms with E-state index in [4.69, 9.17) is 0 Å². The molecule has 6 nitrogen and oxygen atoms in total. The van der Waals surface area contributed by atoms with Crippen molar-refractivity contribution in [1.29, 1.82) is 0 Å². The van der Waals surface area contributed by atoms with Crippen molar-refractivity contribution in [2.45, 2.75) is 164 Å². The fourth-order valence-corrected chi connectivity index (χ4v) is 7.80. The summed E-state index contributed by atoms with van der Waals surface area (Å²) in [6.07, 6.45) is 7.08. The maximum atomic E-state index is 2.60. The molecule has 1 unspecified atom stereocenters. The number of hydrogen-bond donors (Lipinski definition) is 0. The topological polar surface area (TPSA) is 19.4 Å². The molecule has 3 fully saturated rings. The lowest BCUT2D eigenvalue weighted by molar-refractivity contribution is 0.117. The number of rotatable bonds is 9. The summed E-state index contributed by atoms with van der Waals surface area (Å²) < 4.78 is 0. The molecule has 0 spiro atoms. The second-order valence-electron chi connectivity index (χ2n) is 23.3. The highest BCUT2D eigenvalue weighted by molar-refractivity contribution is 4.77. The largest absolute Gasteiger partial charge is 0.306 e. The summed E-state index contributed by atoms with van der Waals surface area (Å²) in [7, 11) is 4.36. The number of piperazine rings is 1. The van der Waals surface area contributed by atoms with Crippen LogP contribution in [0, 0.1) is 33.0 Å². The minimum Gasteiger partial charge on any atom is -0.306 e. The Morgan fingerprint density at radius 3 is 1.22 bits per heavy atom. The summed E-state index contributed by atoms with van der Waals surface area (Å²) in [5.41, 5.74) is 2.36. The van der Waals surface area contributed by atoms with Crippen LogP contribution in [0.4, 0.5) is 0 Å². The van der Waals surface area contributed by atoms with Gasteiger partial charge in [-0.3, -0.25) is 0 Å². The predicted molar refractivity (Wildman–Crippen MR) is 247 cm³/mol. The van der Waals surface area contributed by atoms with E-state index in [2.05, 4.69) is 175 Å². The minimum atomic E-state index is 0.449. The van der Waals surface area contributed by atoms with E-state index >= 15 is 0 Å². The second kappa shape index (κ2) is 27.4. The first-order valence-corrected chi connectivity index (χ1v) is 22.8. The number of likely N-dealkylation sites (N-methyl/N-ethyl adjacent to an activating group) is 1. The Bertz CT molecular complexity index is 836. The second-order valence-corrected chi connectivity index (χ2v) is 23.3. The first-order valence-electron chi connectivity index (χ1n) is 22.8. The Kier molecular flexibility index (Phi) is 28.4. The number of nitrogens with zero attached hydrogens (tertiary/aromatic N) is 6. The highest BCUT2D eigenvalue weighted by Crippen LogP contribution is 2.30. The first-order chi connectivity index (χ1) is 24.5. The molecular formula is C48H106N6. The third-order valence-electron chi connectivity index (χ3n) is 10.0. The van der Waals surface area contributed by atoms with Gasteiger partial charge in [0.2, 0.25) is 0 Å². The Labute approximate surface area is 343 Å². The molecule has 0 saturated carbocycles. The van der Waals surface area contributed by atoms with E-state index in [1.165, 1.54) is 130 Å². The van der Waals surface area contributed by atoms with Gasteiger partial charge in [0.1, 0.15) is 0 Å². The molecule has 3 saturated heterocycles. The SMILES string of the molecule is CC(C)(C)CN1CCCC1.CCN(C)CC(C)(C)C.CCN(CC)CC(C)(C)C.CCN1CCCC(CC(C)(C)C)C1.CN1CCN(CC(C)(C)C)CC1. The van der Waals surface area contributed by atoms with Crippen LogP contribution in [-0.2, 0) is 0 Å². The molecule has 328 valence electrons. The van der Waals surface area contributed by atoms with Crippen LogP contribution in [0.3, 0.4) is 0 Å². The lowest BCUT2D eigenvalue weighted by Crippen LogP contribution is -2.47. The molecule has 0 aromatic rings. The van der Waals surface area contributed by atoms with Gasteiger partial charge in [0, 0.05) is 58.9 Å². The molecule has 0 aliphatic carbocycles. The van der Waals surface area contributed by atoms with Crippen molar-refractivity contribution in [3.05, 3.63) is 0 Å². The van der Waals surface area contributed by atoms with Gasteiger partial charge in [-0.15, -0.1) is 0 Å². The smallest absolute Gasteiger partial charge is 0.0110 e. The Morgan fingerprint density at radius 1 is 0.481 bits per heavy atom. The molecule has 0 radical (unpaired) electrons. The fraction of sp³-hybridized carbons (Fsp3) is 1.00. The molecule has 54 heavy (non-hydrogen) atoms. The molecule has 0 amide bonds. The van der Waals surface area contributed by atoms with Gasteiger partial charge in [0.15, 0.2) is 0 Å². The van der Waals surface area contributed by atoms with Crippen LogP contribution in [0.1, 0.15) is 164 Å². The molecule has 6 heteroatoms. The standard InChI is InChI=1S/C12H25N.C10H22N2.C9H19N.C9H21N.C8H19N/c1-5-13-8-6-7-11(10-13)9-12(2,3)4;1-10(2,3)9-12-7-5-11(4)6-8-12;1-9(2,3)8-10-6-4-5-7-10;1-6-10(7-2)8-9(3,4)5;1-6-9(5)7-8(2,3)4/h11H,5-10H2,1-4H3;5-9H2,1-4H3;4-8H2,1-3H3;6-8H2,1-5H3;6-7H2,1-5H3. The van der Waals surface area contributed by atoms with E-state index in [1.807, 2.05) is 0 Å². The molecule has 3 aliphatic rings. The highest BCUT2D eigenvalue weighted by atomic mass is 15.2. The zero-order valence-corrected chi connectivity index (χ0v) is 41.6. The van der Waals surface area contributed by atoms with E-state index in [1.54, 1.807) is 0 Å². The summed E-state index contributed by atoms with van der Waals surface area (Å²) in [5.74, 6) is 0.952. The number of piperidine rings is 1. The van der Waals surface area contributed by atoms with Crippen LogP contribution < -0.4 is 0 Å². The van der Waals surface area contributed by atoms with E-state index < -0.39 is 0 Å². The van der Waals surface area contributed by atoms with Crippen LogP contribution in [0.15, 0.2) is 0 Å². The normalized spacial score (nSPS) is 19.9. The maximum Gasteiger partial charge on any atom is 0.0110 e. The van der Waals surface area contributed by atoms with Crippen molar-refractivity contribution in [3.63, 3.8) is 0 Å². The monoisotopic (exact) mass is 767 g/mol. The fourth-order valence-electron chi connectivity index (χ4n) is 7.80. The molecule has 0 N–H and O–H groups in total. The summed E-state index contributed by atoms with van der Waals surface area (Å²) in [5, 5.41) is 0. The van der Waals surface area contributed by atoms with Gasteiger partial charge in [0.25, 0.3) is 0 Å². The Balaban J connectivity index is 0. The van der Waals surface area contributed by atoms with Crippen LogP contribution in [0.2, 0.25) is 0 Å². The Morgan fingerprint density at radius 2 is 0.907 bits per heavy atom. The van der Waals surface area contributed by atoms with Crippen LogP contribution in [-0.4, -0.2) is 148 Å². The van der Waals surface area contributed by atoms with Crippen molar-refractivity contribution < 1.29 is 0 Å². The maximum absolute atomic E-state index is 2.60. The van der Waals surface area contributed by atoms with Gasteiger partial charge in [-0.2, -0.15) is 0 Å². The Hall–Kier alpha value is -0.240. The highest BCUT2D eigenvalue weighted by Gasteiger charge is 2.24. The average molecular weight is 767 g/mol. The van der Waals surface area contributed by atoms with Gasteiger partial charge < -0.3 is 29.4 Å². The summed E-state index contributed by atoms with van der Waals surface area (Å²) >= 11 is 0. The molecule has 3 aliphatic heterocycles. The summed E-state index contributed by atoms with van der Waals surface area (Å²) in [4.78, 5) is 14.9. The third-order valence-corrected chi connectivity index (χ3v) is 10.0. The third kappa shape index (κ3) is 37.3.